The van der Waals surface area contributed by atoms with Crippen molar-refractivity contribution in [2.24, 2.45) is 0 Å². The Bertz CT molecular complexity index is 173. The third-order valence-corrected chi connectivity index (χ3v) is 1.69. The van der Waals surface area contributed by atoms with Gasteiger partial charge in [0.05, 0.1) is 0 Å². The number of aromatic nitrogens is 2. The fourth-order valence-corrected chi connectivity index (χ4v) is 1.02. The molecule has 0 fully saturated rings. The summed E-state index contributed by atoms with van der Waals surface area (Å²) in [5.74, 6) is 0. The van der Waals surface area contributed by atoms with Crippen molar-refractivity contribution in [3.63, 3.8) is 0 Å². The first-order valence-electron chi connectivity index (χ1n) is 2.01. The first-order chi connectivity index (χ1) is 3.83. The van der Waals surface area contributed by atoms with Crippen LogP contribution in [0.5, 0.6) is 0 Å². The Morgan fingerprint density at radius 2 is 2.38 bits per heavy atom. The van der Waals surface area contributed by atoms with E-state index in [1.807, 2.05) is 0 Å². The molecule has 43 valence electrons. The van der Waals surface area contributed by atoms with Crippen LogP contribution in [0.3, 0.4) is 0 Å². The third kappa shape index (κ3) is 1.05. The fraction of sp³-hybridized carbons (Fsp3) is 0.333. The molecule has 3 nitrogen and oxygen atoms in total. The second-order valence-electron chi connectivity index (χ2n) is 1.12. The molecule has 0 aliphatic heterocycles. The quantitative estimate of drug-likeness (QED) is 0.645. The van der Waals surface area contributed by atoms with Crippen molar-refractivity contribution in [3.8, 4) is 0 Å². The fourth-order valence-electron chi connectivity index (χ4n) is 0.311. The van der Waals surface area contributed by atoms with Crippen LogP contribution >= 0.6 is 24.0 Å². The summed E-state index contributed by atoms with van der Waals surface area (Å²) >= 11 is 6.07. The largest absolute Gasteiger partial charge is 0.363 e. The Hall–Kier alpha value is -0.420. The molecule has 0 bridgehead atoms. The van der Waals surface area contributed by atoms with Crippen LogP contribution in [-0.2, 0) is 0 Å². The number of hydrogen-bond acceptors (Lipinski definition) is 4. The van der Waals surface area contributed by atoms with Crippen LogP contribution in [0.25, 0.3) is 0 Å². The average Bonchev–Trinajstić information content (AvgIpc) is 2.14. The van der Waals surface area contributed by atoms with E-state index in [0.717, 1.165) is 5.13 Å². The minimum Gasteiger partial charge on any atom is -0.363 e. The third-order valence-electron chi connectivity index (χ3n) is 0.620. The molecule has 0 spiro atoms. The summed E-state index contributed by atoms with van der Waals surface area (Å²) < 4.78 is 0.578. The van der Waals surface area contributed by atoms with Gasteiger partial charge in [-0.1, -0.05) is 11.3 Å². The van der Waals surface area contributed by atoms with Crippen LogP contribution < -0.4 is 5.32 Å². The maximum atomic E-state index is 4.70. The zero-order valence-electron chi connectivity index (χ0n) is 4.21. The molecule has 1 aromatic heterocycles. The molecular formula is C3H4N3S2. The minimum atomic E-state index is 0.578. The highest BCUT2D eigenvalue weighted by Crippen LogP contribution is 2.16. The molecule has 0 unspecified atom stereocenters. The summed E-state index contributed by atoms with van der Waals surface area (Å²) in [4.78, 5) is 0. The normalized spacial score (nSPS) is 9.12. The lowest BCUT2D eigenvalue weighted by molar-refractivity contribution is 1.01. The van der Waals surface area contributed by atoms with Crippen LogP contribution in [0.15, 0.2) is 4.34 Å². The molecule has 0 aliphatic rings. The van der Waals surface area contributed by atoms with Crippen molar-refractivity contribution >= 4 is 29.1 Å². The van der Waals surface area contributed by atoms with Crippen LogP contribution in [0.1, 0.15) is 0 Å². The number of hydrogen-bond donors (Lipinski definition) is 1. The molecule has 0 saturated heterocycles. The monoisotopic (exact) mass is 146 g/mol. The Morgan fingerprint density at radius 1 is 1.62 bits per heavy atom. The van der Waals surface area contributed by atoms with Gasteiger partial charge in [0.2, 0.25) is 9.47 Å². The van der Waals surface area contributed by atoms with Crippen LogP contribution in [0.2, 0.25) is 0 Å². The van der Waals surface area contributed by atoms with Gasteiger partial charge in [-0.15, -0.1) is 10.2 Å². The molecule has 1 rings (SSSR count). The van der Waals surface area contributed by atoms with E-state index in [1.165, 1.54) is 11.3 Å². The molecule has 1 radical (unpaired) electrons. The Kier molecular flexibility index (Phi) is 1.59. The zero-order chi connectivity index (χ0) is 5.98. The molecule has 0 aromatic carbocycles. The lowest BCUT2D eigenvalue weighted by Crippen LogP contribution is -1.84. The summed E-state index contributed by atoms with van der Waals surface area (Å²) in [7, 11) is 1.79. The summed E-state index contributed by atoms with van der Waals surface area (Å²) in [5.41, 5.74) is 0. The van der Waals surface area contributed by atoms with Crippen molar-refractivity contribution in [2.75, 3.05) is 12.4 Å². The van der Waals surface area contributed by atoms with Gasteiger partial charge in [-0.05, 0) is 12.6 Å². The van der Waals surface area contributed by atoms with E-state index < -0.39 is 0 Å². The molecule has 5 heteroatoms. The predicted octanol–water partition coefficient (Wildman–Crippen LogP) is 1.14. The minimum absolute atomic E-state index is 0.578. The topological polar surface area (TPSA) is 37.8 Å². The van der Waals surface area contributed by atoms with E-state index >= 15 is 0 Å². The number of anilines is 1. The lowest BCUT2D eigenvalue weighted by atomic mass is 11.1. The molecule has 8 heavy (non-hydrogen) atoms. The van der Waals surface area contributed by atoms with E-state index in [9.17, 15) is 0 Å². The van der Waals surface area contributed by atoms with Gasteiger partial charge in [-0.2, -0.15) is 0 Å². The van der Waals surface area contributed by atoms with Gasteiger partial charge in [0, 0.05) is 7.05 Å². The molecule has 1 N–H and O–H groups in total. The van der Waals surface area contributed by atoms with Crippen molar-refractivity contribution < 1.29 is 0 Å². The average molecular weight is 146 g/mol. The van der Waals surface area contributed by atoms with Crippen molar-refractivity contribution in [3.05, 3.63) is 0 Å². The van der Waals surface area contributed by atoms with E-state index in [4.69, 9.17) is 12.6 Å². The first kappa shape index (κ1) is 5.71. The van der Waals surface area contributed by atoms with Gasteiger partial charge in [0.15, 0.2) is 0 Å². The zero-order valence-corrected chi connectivity index (χ0v) is 5.84. The summed E-state index contributed by atoms with van der Waals surface area (Å²) in [6.07, 6.45) is 0. The van der Waals surface area contributed by atoms with Gasteiger partial charge in [0.25, 0.3) is 0 Å². The van der Waals surface area contributed by atoms with Gasteiger partial charge < -0.3 is 5.32 Å². The summed E-state index contributed by atoms with van der Waals surface area (Å²) in [6.45, 7) is 0. The SMILES string of the molecule is CNc1nnc([S])s1. The highest BCUT2D eigenvalue weighted by Gasteiger charge is 1.94. The second kappa shape index (κ2) is 2.23. The van der Waals surface area contributed by atoms with Gasteiger partial charge in [-0.3, -0.25) is 0 Å². The van der Waals surface area contributed by atoms with Crippen LogP contribution in [0, 0.1) is 0 Å². The molecule has 1 heterocycles. The van der Waals surface area contributed by atoms with E-state index in [1.54, 1.807) is 7.05 Å². The Balaban J connectivity index is 2.84. The summed E-state index contributed by atoms with van der Waals surface area (Å²) in [6, 6.07) is 0. The molecule has 1 aromatic rings. The van der Waals surface area contributed by atoms with Crippen molar-refractivity contribution in [1.82, 2.24) is 10.2 Å². The molecule has 0 amide bonds. The van der Waals surface area contributed by atoms with E-state index in [-0.39, 0.29) is 0 Å². The standard InChI is InChI=1S/C3H4N3S2/c1-4-2-5-6-3(7)8-2/h1H3,(H,4,5). The molecular weight excluding hydrogens is 142 g/mol. The van der Waals surface area contributed by atoms with Gasteiger partial charge >= 0.3 is 0 Å². The highest BCUT2D eigenvalue weighted by atomic mass is 32.2. The Morgan fingerprint density at radius 3 is 2.62 bits per heavy atom. The molecule has 0 atom stereocenters. The number of nitrogens with zero attached hydrogens (tertiary/aromatic N) is 2. The van der Waals surface area contributed by atoms with Crippen molar-refractivity contribution in [1.29, 1.82) is 0 Å². The smallest absolute Gasteiger partial charge is 0.206 e. The maximum absolute atomic E-state index is 4.70. The lowest BCUT2D eigenvalue weighted by Gasteiger charge is -1.82. The molecule has 0 aliphatic carbocycles. The Labute approximate surface area is 56.5 Å². The number of rotatable bonds is 1. The van der Waals surface area contributed by atoms with Crippen molar-refractivity contribution in [2.45, 2.75) is 4.34 Å². The number of nitrogens with one attached hydrogen (secondary N) is 1. The van der Waals surface area contributed by atoms with Gasteiger partial charge in [0.1, 0.15) is 0 Å². The maximum Gasteiger partial charge on any atom is 0.206 e. The predicted molar refractivity (Wildman–Crippen MR) is 35.3 cm³/mol. The van der Waals surface area contributed by atoms with Gasteiger partial charge in [-0.25, -0.2) is 0 Å². The summed E-state index contributed by atoms with van der Waals surface area (Å²) in [5, 5.41) is 10.9. The molecule has 0 saturated carbocycles. The first-order valence-corrected chi connectivity index (χ1v) is 3.23. The van der Waals surface area contributed by atoms with Crippen LogP contribution in [0.4, 0.5) is 5.13 Å². The van der Waals surface area contributed by atoms with E-state index in [2.05, 4.69) is 15.5 Å². The second-order valence-corrected chi connectivity index (χ2v) is 2.75. The van der Waals surface area contributed by atoms with Crippen LogP contribution in [-0.4, -0.2) is 17.2 Å². The van der Waals surface area contributed by atoms with E-state index in [0.29, 0.717) is 4.34 Å². The highest BCUT2D eigenvalue weighted by molar-refractivity contribution is 7.82.